The molecule has 3 nitrogen and oxygen atoms in total. The molecule has 2 heterocycles. The molecular weight excluding hydrogens is 224 g/mol. The fourth-order valence-electron chi connectivity index (χ4n) is 2.17. The van der Waals surface area contributed by atoms with E-state index in [1.807, 2.05) is 38.2 Å². The highest BCUT2D eigenvalue weighted by Crippen LogP contribution is 2.19. The van der Waals surface area contributed by atoms with E-state index in [9.17, 15) is 0 Å². The van der Waals surface area contributed by atoms with Gasteiger partial charge in [-0.3, -0.25) is 4.98 Å². The summed E-state index contributed by atoms with van der Waals surface area (Å²) in [6.45, 7) is 3.92. The summed E-state index contributed by atoms with van der Waals surface area (Å²) in [7, 11) is 0. The van der Waals surface area contributed by atoms with Crippen molar-refractivity contribution in [3.8, 4) is 0 Å². The molecule has 0 aliphatic rings. The number of aryl methyl sites for hydroxylation is 2. The predicted molar refractivity (Wildman–Crippen MR) is 70.5 cm³/mol. The molecule has 3 rings (SSSR count). The van der Waals surface area contributed by atoms with Crippen LogP contribution in [0.4, 0.5) is 0 Å². The number of pyridine rings is 1. The number of fused-ring (bicyclic) bond motifs is 1. The van der Waals surface area contributed by atoms with Gasteiger partial charge in [0.05, 0.1) is 11.2 Å². The Labute approximate surface area is 105 Å². The largest absolute Gasteiger partial charge is 0.361 e. The van der Waals surface area contributed by atoms with Crippen molar-refractivity contribution in [2.24, 2.45) is 0 Å². The Kier molecular flexibility index (Phi) is 2.59. The third kappa shape index (κ3) is 1.88. The van der Waals surface area contributed by atoms with Crippen LogP contribution in [0.5, 0.6) is 0 Å². The smallest absolute Gasteiger partial charge is 0.137 e. The molecule has 0 radical (unpaired) electrons. The summed E-state index contributed by atoms with van der Waals surface area (Å²) < 4.78 is 5.18. The number of rotatable bonds is 2. The van der Waals surface area contributed by atoms with Crippen molar-refractivity contribution in [3.63, 3.8) is 0 Å². The molecular formula is C15H14N2O. The molecule has 3 heteroatoms. The van der Waals surface area contributed by atoms with Crippen molar-refractivity contribution >= 4 is 10.9 Å². The van der Waals surface area contributed by atoms with E-state index in [2.05, 4.69) is 22.3 Å². The van der Waals surface area contributed by atoms with Crippen LogP contribution < -0.4 is 0 Å². The lowest BCUT2D eigenvalue weighted by Gasteiger charge is -2.03. The standard InChI is InChI=1S/C15H14N2O/c1-10-14(11(2)18-17-10)8-12-7-13-5-3-4-6-15(13)16-9-12/h3-7,9H,8H2,1-2H3. The number of para-hydroxylation sites is 1. The first-order valence-electron chi connectivity index (χ1n) is 5.99. The highest BCUT2D eigenvalue weighted by molar-refractivity contribution is 5.78. The molecule has 0 amide bonds. The second-order valence-electron chi connectivity index (χ2n) is 4.52. The van der Waals surface area contributed by atoms with Gasteiger partial charge in [-0.15, -0.1) is 0 Å². The molecule has 0 bridgehead atoms. The van der Waals surface area contributed by atoms with Gasteiger partial charge in [0.15, 0.2) is 0 Å². The Hall–Kier alpha value is -2.16. The van der Waals surface area contributed by atoms with E-state index < -0.39 is 0 Å². The zero-order valence-corrected chi connectivity index (χ0v) is 10.5. The molecule has 0 aliphatic heterocycles. The summed E-state index contributed by atoms with van der Waals surface area (Å²) in [6.07, 6.45) is 2.74. The molecule has 90 valence electrons. The van der Waals surface area contributed by atoms with Crippen molar-refractivity contribution < 1.29 is 4.52 Å². The molecule has 0 spiro atoms. The summed E-state index contributed by atoms with van der Waals surface area (Å²) in [6, 6.07) is 10.3. The number of aromatic nitrogens is 2. The average Bonchev–Trinajstić information content (AvgIpc) is 2.70. The topological polar surface area (TPSA) is 38.9 Å². The fourth-order valence-corrected chi connectivity index (χ4v) is 2.17. The van der Waals surface area contributed by atoms with Gasteiger partial charge in [-0.1, -0.05) is 23.4 Å². The highest BCUT2D eigenvalue weighted by Gasteiger charge is 2.10. The van der Waals surface area contributed by atoms with Crippen LogP contribution in [0.1, 0.15) is 22.6 Å². The molecule has 0 unspecified atom stereocenters. The molecule has 0 saturated heterocycles. The third-order valence-corrected chi connectivity index (χ3v) is 3.21. The first-order chi connectivity index (χ1) is 8.74. The highest BCUT2D eigenvalue weighted by atomic mass is 16.5. The number of benzene rings is 1. The Bertz CT molecular complexity index is 681. The van der Waals surface area contributed by atoms with Crippen molar-refractivity contribution in [2.45, 2.75) is 20.3 Å². The average molecular weight is 238 g/mol. The first kappa shape index (κ1) is 11.0. The molecule has 3 aromatic rings. The maximum Gasteiger partial charge on any atom is 0.137 e. The molecule has 0 N–H and O–H groups in total. The van der Waals surface area contributed by atoms with Gasteiger partial charge < -0.3 is 4.52 Å². The zero-order chi connectivity index (χ0) is 12.5. The van der Waals surface area contributed by atoms with Crippen LogP contribution in [0.25, 0.3) is 10.9 Å². The van der Waals surface area contributed by atoms with Gasteiger partial charge in [-0.25, -0.2) is 0 Å². The Morgan fingerprint density at radius 2 is 2.00 bits per heavy atom. The van der Waals surface area contributed by atoms with E-state index >= 15 is 0 Å². The van der Waals surface area contributed by atoms with Gasteiger partial charge in [-0.05, 0) is 31.5 Å². The SMILES string of the molecule is Cc1noc(C)c1Cc1cnc2ccccc2c1. The van der Waals surface area contributed by atoms with E-state index in [0.717, 1.165) is 29.0 Å². The van der Waals surface area contributed by atoms with Crippen LogP contribution in [0.2, 0.25) is 0 Å². The molecule has 18 heavy (non-hydrogen) atoms. The number of nitrogens with zero attached hydrogens (tertiary/aromatic N) is 2. The summed E-state index contributed by atoms with van der Waals surface area (Å²) in [5, 5.41) is 5.15. The van der Waals surface area contributed by atoms with Crippen molar-refractivity contribution in [1.29, 1.82) is 0 Å². The van der Waals surface area contributed by atoms with E-state index in [0.29, 0.717) is 0 Å². The second-order valence-corrected chi connectivity index (χ2v) is 4.52. The van der Waals surface area contributed by atoms with E-state index in [4.69, 9.17) is 4.52 Å². The second kappa shape index (κ2) is 4.26. The van der Waals surface area contributed by atoms with E-state index in [1.165, 1.54) is 10.9 Å². The molecule has 0 fully saturated rings. The lowest BCUT2D eigenvalue weighted by molar-refractivity contribution is 0.392. The molecule has 2 aromatic heterocycles. The molecule has 0 saturated carbocycles. The van der Waals surface area contributed by atoms with Crippen LogP contribution >= 0.6 is 0 Å². The molecule has 1 aromatic carbocycles. The van der Waals surface area contributed by atoms with Crippen LogP contribution in [-0.4, -0.2) is 10.1 Å². The van der Waals surface area contributed by atoms with Crippen molar-refractivity contribution in [1.82, 2.24) is 10.1 Å². The monoisotopic (exact) mass is 238 g/mol. The first-order valence-corrected chi connectivity index (χ1v) is 5.99. The van der Waals surface area contributed by atoms with Crippen LogP contribution in [0.3, 0.4) is 0 Å². The lowest BCUT2D eigenvalue weighted by Crippen LogP contribution is -1.92. The van der Waals surface area contributed by atoms with Gasteiger partial charge in [0.2, 0.25) is 0 Å². The van der Waals surface area contributed by atoms with Crippen LogP contribution in [0.15, 0.2) is 41.1 Å². The molecule has 0 aliphatic carbocycles. The van der Waals surface area contributed by atoms with Gasteiger partial charge in [0.1, 0.15) is 5.76 Å². The number of hydrogen-bond acceptors (Lipinski definition) is 3. The Balaban J connectivity index is 2.00. The maximum atomic E-state index is 5.18. The van der Waals surface area contributed by atoms with Crippen LogP contribution in [-0.2, 0) is 6.42 Å². The summed E-state index contributed by atoms with van der Waals surface area (Å²) in [5.41, 5.74) is 4.33. The normalized spacial score (nSPS) is 11.0. The summed E-state index contributed by atoms with van der Waals surface area (Å²) in [5.74, 6) is 0.889. The Morgan fingerprint density at radius 3 is 2.78 bits per heavy atom. The lowest BCUT2D eigenvalue weighted by atomic mass is 10.0. The van der Waals surface area contributed by atoms with Gasteiger partial charge in [-0.2, -0.15) is 0 Å². The third-order valence-electron chi connectivity index (χ3n) is 3.21. The minimum atomic E-state index is 0.818. The summed E-state index contributed by atoms with van der Waals surface area (Å²) >= 11 is 0. The van der Waals surface area contributed by atoms with Gasteiger partial charge in [0.25, 0.3) is 0 Å². The molecule has 0 atom stereocenters. The summed E-state index contributed by atoms with van der Waals surface area (Å²) in [4.78, 5) is 4.47. The van der Waals surface area contributed by atoms with Crippen molar-refractivity contribution in [3.05, 3.63) is 59.1 Å². The minimum Gasteiger partial charge on any atom is -0.361 e. The van der Waals surface area contributed by atoms with Crippen molar-refractivity contribution in [2.75, 3.05) is 0 Å². The quantitative estimate of drug-likeness (QED) is 0.686. The number of hydrogen-bond donors (Lipinski definition) is 0. The van der Waals surface area contributed by atoms with Gasteiger partial charge >= 0.3 is 0 Å². The van der Waals surface area contributed by atoms with Crippen LogP contribution in [0, 0.1) is 13.8 Å². The minimum absolute atomic E-state index is 0.818. The van der Waals surface area contributed by atoms with Gasteiger partial charge in [0, 0.05) is 23.6 Å². The fraction of sp³-hybridized carbons (Fsp3) is 0.200. The zero-order valence-electron chi connectivity index (χ0n) is 10.5. The Morgan fingerprint density at radius 1 is 1.17 bits per heavy atom. The predicted octanol–water partition coefficient (Wildman–Crippen LogP) is 3.43. The van der Waals surface area contributed by atoms with E-state index in [1.54, 1.807) is 0 Å². The van der Waals surface area contributed by atoms with E-state index in [-0.39, 0.29) is 0 Å². The maximum absolute atomic E-state index is 5.18.